The molecular formula is C7H6BrNO3. The predicted molar refractivity (Wildman–Crippen MR) is 44.4 cm³/mol. The second-order valence-electron chi connectivity index (χ2n) is 2.06. The summed E-state index contributed by atoms with van der Waals surface area (Å²) in [6.45, 7) is 0. The smallest absolute Gasteiger partial charge is 0.338 e. The zero-order valence-corrected chi connectivity index (χ0v) is 7.87. The fourth-order valence-corrected chi connectivity index (χ4v) is 1.07. The van der Waals surface area contributed by atoms with Crippen molar-refractivity contribution in [1.82, 2.24) is 0 Å². The number of hydrogen-bond acceptors (Lipinski definition) is 3. The van der Waals surface area contributed by atoms with Gasteiger partial charge in [0.25, 0.3) is 4.60 Å². The van der Waals surface area contributed by atoms with Gasteiger partial charge in [0, 0.05) is 28.1 Å². The van der Waals surface area contributed by atoms with E-state index in [0.717, 1.165) is 0 Å². The van der Waals surface area contributed by atoms with Crippen molar-refractivity contribution < 1.29 is 14.3 Å². The SMILES string of the molecule is COC(=O)c1cc[n+]([O-])c(Br)c1. The maximum atomic E-state index is 10.9. The first-order valence-corrected chi connectivity index (χ1v) is 3.91. The summed E-state index contributed by atoms with van der Waals surface area (Å²) in [6.07, 6.45) is 1.23. The molecule has 0 atom stereocenters. The number of carbonyl (C=O) groups excluding carboxylic acids is 1. The Morgan fingerprint density at radius 3 is 2.92 bits per heavy atom. The summed E-state index contributed by atoms with van der Waals surface area (Å²) in [5.74, 6) is -0.462. The second kappa shape index (κ2) is 3.53. The lowest BCUT2D eigenvalue weighted by molar-refractivity contribution is -0.617. The number of aromatic nitrogens is 1. The zero-order valence-electron chi connectivity index (χ0n) is 6.28. The lowest BCUT2D eigenvalue weighted by atomic mass is 10.3. The van der Waals surface area contributed by atoms with Crippen molar-refractivity contribution >= 4 is 21.9 Å². The predicted octanol–water partition coefficient (Wildman–Crippen LogP) is 0.869. The zero-order chi connectivity index (χ0) is 9.14. The van der Waals surface area contributed by atoms with E-state index in [0.29, 0.717) is 10.3 Å². The molecule has 0 radical (unpaired) electrons. The van der Waals surface area contributed by atoms with Gasteiger partial charge < -0.3 is 9.94 Å². The summed E-state index contributed by atoms with van der Waals surface area (Å²) >= 11 is 2.99. The van der Waals surface area contributed by atoms with Crippen molar-refractivity contribution in [3.05, 3.63) is 33.7 Å². The highest BCUT2D eigenvalue weighted by atomic mass is 79.9. The van der Waals surface area contributed by atoms with Crippen molar-refractivity contribution in [1.29, 1.82) is 0 Å². The molecule has 4 nitrogen and oxygen atoms in total. The Balaban J connectivity index is 3.05. The average Bonchev–Trinajstić information content (AvgIpc) is 2.08. The minimum atomic E-state index is -0.462. The number of hydrogen-bond donors (Lipinski definition) is 0. The number of methoxy groups -OCH3 is 1. The normalized spacial score (nSPS) is 9.50. The number of pyridine rings is 1. The quantitative estimate of drug-likeness (QED) is 0.312. The molecule has 0 saturated carbocycles. The van der Waals surface area contributed by atoms with E-state index >= 15 is 0 Å². The van der Waals surface area contributed by atoms with Gasteiger partial charge in [0.15, 0.2) is 6.20 Å². The number of carbonyl (C=O) groups is 1. The number of rotatable bonds is 1. The highest BCUT2D eigenvalue weighted by Gasteiger charge is 2.09. The van der Waals surface area contributed by atoms with Gasteiger partial charge in [-0.1, -0.05) is 0 Å². The molecule has 0 spiro atoms. The summed E-state index contributed by atoms with van der Waals surface area (Å²) in [4.78, 5) is 10.9. The number of esters is 1. The molecule has 0 amide bonds. The van der Waals surface area contributed by atoms with Gasteiger partial charge in [-0.2, -0.15) is 4.73 Å². The Morgan fingerprint density at radius 1 is 1.75 bits per heavy atom. The lowest BCUT2D eigenvalue weighted by Crippen LogP contribution is -2.27. The van der Waals surface area contributed by atoms with Crippen molar-refractivity contribution in [2.24, 2.45) is 0 Å². The summed E-state index contributed by atoms with van der Waals surface area (Å²) in [6, 6.07) is 2.79. The van der Waals surface area contributed by atoms with Gasteiger partial charge in [0.1, 0.15) is 0 Å². The fraction of sp³-hybridized carbons (Fsp3) is 0.143. The third-order valence-electron chi connectivity index (χ3n) is 1.30. The second-order valence-corrected chi connectivity index (χ2v) is 2.87. The molecule has 0 N–H and O–H groups in total. The standard InChI is InChI=1S/C7H6BrNO3/c1-12-7(10)5-2-3-9(11)6(8)4-5/h2-4H,1H3. The molecule has 0 saturated heterocycles. The molecule has 0 fully saturated rings. The van der Waals surface area contributed by atoms with Crippen LogP contribution in [0.15, 0.2) is 22.9 Å². The molecule has 0 unspecified atom stereocenters. The summed E-state index contributed by atoms with van der Waals surface area (Å²) in [5.41, 5.74) is 0.344. The summed E-state index contributed by atoms with van der Waals surface area (Å²) in [7, 11) is 1.29. The van der Waals surface area contributed by atoms with E-state index in [9.17, 15) is 10.0 Å². The molecule has 1 aromatic rings. The molecule has 64 valence electrons. The van der Waals surface area contributed by atoms with Gasteiger partial charge in [0.05, 0.1) is 12.7 Å². The van der Waals surface area contributed by atoms with Crippen molar-refractivity contribution in [2.45, 2.75) is 0 Å². The van der Waals surface area contributed by atoms with Crippen LogP contribution in [-0.2, 0) is 4.74 Å². The maximum Gasteiger partial charge on any atom is 0.338 e. The van der Waals surface area contributed by atoms with E-state index in [1.54, 1.807) is 0 Å². The van der Waals surface area contributed by atoms with Crippen LogP contribution in [0.5, 0.6) is 0 Å². The molecule has 12 heavy (non-hydrogen) atoms. The van der Waals surface area contributed by atoms with Crippen LogP contribution in [0.3, 0.4) is 0 Å². The maximum absolute atomic E-state index is 10.9. The van der Waals surface area contributed by atoms with Gasteiger partial charge in [-0.25, -0.2) is 4.79 Å². The minimum absolute atomic E-state index is 0.283. The fourth-order valence-electron chi connectivity index (χ4n) is 0.704. The molecule has 0 aliphatic carbocycles. The van der Waals surface area contributed by atoms with E-state index in [-0.39, 0.29) is 4.60 Å². The van der Waals surface area contributed by atoms with E-state index in [4.69, 9.17) is 0 Å². The van der Waals surface area contributed by atoms with Crippen molar-refractivity contribution in [3.8, 4) is 0 Å². The molecule has 1 heterocycles. The third-order valence-corrected chi connectivity index (χ3v) is 1.87. The minimum Gasteiger partial charge on any atom is -0.618 e. The third kappa shape index (κ3) is 1.73. The first kappa shape index (κ1) is 8.99. The Hall–Kier alpha value is -1.10. The molecule has 5 heteroatoms. The Bertz CT molecular complexity index is 314. The van der Waals surface area contributed by atoms with Crippen molar-refractivity contribution in [3.63, 3.8) is 0 Å². The van der Waals surface area contributed by atoms with E-state index in [1.165, 1.54) is 25.4 Å². The number of ether oxygens (including phenoxy) is 1. The first-order valence-electron chi connectivity index (χ1n) is 3.12. The van der Waals surface area contributed by atoms with Crippen LogP contribution in [0.2, 0.25) is 0 Å². The Kier molecular flexibility index (Phi) is 2.65. The topological polar surface area (TPSA) is 53.2 Å². The largest absolute Gasteiger partial charge is 0.618 e. The highest BCUT2D eigenvalue weighted by molar-refractivity contribution is 9.10. The van der Waals surface area contributed by atoms with Gasteiger partial charge in [0.2, 0.25) is 0 Å². The molecule has 0 aliphatic heterocycles. The lowest BCUT2D eigenvalue weighted by Gasteiger charge is -2.00. The Morgan fingerprint density at radius 2 is 2.42 bits per heavy atom. The molecule has 0 aliphatic rings. The Labute approximate surface area is 77.5 Å². The van der Waals surface area contributed by atoms with Crippen LogP contribution in [-0.4, -0.2) is 13.1 Å². The first-order chi connectivity index (χ1) is 5.65. The molecular weight excluding hydrogens is 226 g/mol. The van der Waals surface area contributed by atoms with Crippen LogP contribution in [0, 0.1) is 5.21 Å². The highest BCUT2D eigenvalue weighted by Crippen LogP contribution is 2.06. The molecule has 1 rings (SSSR count). The average molecular weight is 232 g/mol. The molecule has 0 aromatic carbocycles. The van der Waals surface area contributed by atoms with Crippen LogP contribution in [0.1, 0.15) is 10.4 Å². The monoisotopic (exact) mass is 231 g/mol. The van der Waals surface area contributed by atoms with Gasteiger partial charge in [-0.15, -0.1) is 0 Å². The van der Waals surface area contributed by atoms with E-state index in [2.05, 4.69) is 20.7 Å². The van der Waals surface area contributed by atoms with Crippen LogP contribution < -0.4 is 4.73 Å². The van der Waals surface area contributed by atoms with Crippen LogP contribution in [0.4, 0.5) is 0 Å². The van der Waals surface area contributed by atoms with Crippen LogP contribution >= 0.6 is 15.9 Å². The number of nitrogens with zero attached hydrogens (tertiary/aromatic N) is 1. The van der Waals surface area contributed by atoms with Crippen molar-refractivity contribution in [2.75, 3.05) is 7.11 Å². The van der Waals surface area contributed by atoms with E-state index < -0.39 is 5.97 Å². The summed E-state index contributed by atoms with van der Waals surface area (Å²) in [5, 5.41) is 10.8. The number of halogens is 1. The summed E-state index contributed by atoms with van der Waals surface area (Å²) < 4.78 is 5.35. The molecule has 1 aromatic heterocycles. The van der Waals surface area contributed by atoms with Gasteiger partial charge >= 0.3 is 5.97 Å². The van der Waals surface area contributed by atoms with Gasteiger partial charge in [-0.3, -0.25) is 0 Å². The van der Waals surface area contributed by atoms with E-state index in [1.807, 2.05) is 0 Å². The van der Waals surface area contributed by atoms with Gasteiger partial charge in [-0.05, 0) is 0 Å². The van der Waals surface area contributed by atoms with Crippen LogP contribution in [0.25, 0.3) is 0 Å². The molecule has 0 bridgehead atoms.